The molecule has 1 saturated heterocycles. The summed E-state index contributed by atoms with van der Waals surface area (Å²) in [5.41, 5.74) is 5.65. The average molecular weight is 385 g/mol. The Morgan fingerprint density at radius 1 is 1.21 bits per heavy atom. The zero-order chi connectivity index (χ0) is 19.9. The number of fused-ring (bicyclic) bond motifs is 1. The van der Waals surface area contributed by atoms with Crippen LogP contribution in [0.2, 0.25) is 0 Å². The van der Waals surface area contributed by atoms with E-state index in [2.05, 4.69) is 20.0 Å². The summed E-state index contributed by atoms with van der Waals surface area (Å²) in [7, 11) is 0. The molecule has 1 aliphatic rings. The molecule has 10 heteroatoms. The molecule has 0 atom stereocenters. The summed E-state index contributed by atoms with van der Waals surface area (Å²) in [6.45, 7) is 7.93. The Labute approximate surface area is 161 Å². The molecular formula is C18H23N7O3. The first-order valence-electron chi connectivity index (χ1n) is 9.10. The molecule has 4 heterocycles. The molecule has 1 amide bonds. The first-order chi connectivity index (χ1) is 13.3. The highest BCUT2D eigenvalue weighted by Crippen LogP contribution is 2.22. The molecule has 3 aromatic heterocycles. The van der Waals surface area contributed by atoms with Crippen LogP contribution in [0.5, 0.6) is 0 Å². The van der Waals surface area contributed by atoms with Crippen molar-refractivity contribution in [2.75, 3.05) is 36.8 Å². The van der Waals surface area contributed by atoms with E-state index in [1.807, 2.05) is 20.8 Å². The summed E-state index contributed by atoms with van der Waals surface area (Å²) in [5, 5.41) is 4.35. The first kappa shape index (κ1) is 18.1. The number of nitrogens with two attached hydrogens (primary N) is 1. The van der Waals surface area contributed by atoms with Gasteiger partial charge < -0.3 is 24.7 Å². The second-order valence-electron chi connectivity index (χ2n) is 7.62. The van der Waals surface area contributed by atoms with Crippen LogP contribution in [-0.4, -0.2) is 62.4 Å². The van der Waals surface area contributed by atoms with Crippen molar-refractivity contribution >= 4 is 23.5 Å². The Morgan fingerprint density at radius 3 is 2.61 bits per heavy atom. The molecule has 0 radical (unpaired) electrons. The number of carbonyl (C=O) groups excluding carboxylic acids is 1. The van der Waals surface area contributed by atoms with E-state index in [1.54, 1.807) is 29.4 Å². The van der Waals surface area contributed by atoms with Crippen molar-refractivity contribution in [2.24, 2.45) is 0 Å². The zero-order valence-electron chi connectivity index (χ0n) is 16.1. The standard InChI is InChI=1S/C18H23N7O3/c1-18(2,3)28-17(26)24-8-6-23(7-9-24)14-11-13(19)25-16(20-14)21-15(22-25)12-5-4-10-27-12/h4-5,10-11H,6-9,19H2,1-3H3. The van der Waals surface area contributed by atoms with E-state index in [1.165, 1.54) is 4.52 Å². The maximum Gasteiger partial charge on any atom is 0.410 e. The molecule has 0 aromatic carbocycles. The van der Waals surface area contributed by atoms with Gasteiger partial charge in [0.15, 0.2) is 5.76 Å². The van der Waals surface area contributed by atoms with Gasteiger partial charge in [-0.05, 0) is 32.9 Å². The number of nitrogen functional groups attached to an aromatic ring is 1. The first-order valence-corrected chi connectivity index (χ1v) is 9.10. The van der Waals surface area contributed by atoms with E-state index in [0.29, 0.717) is 55.2 Å². The molecule has 0 unspecified atom stereocenters. The van der Waals surface area contributed by atoms with E-state index >= 15 is 0 Å². The van der Waals surface area contributed by atoms with Crippen LogP contribution in [0.3, 0.4) is 0 Å². The molecule has 10 nitrogen and oxygen atoms in total. The van der Waals surface area contributed by atoms with E-state index in [4.69, 9.17) is 14.9 Å². The molecule has 28 heavy (non-hydrogen) atoms. The molecule has 3 aromatic rings. The number of nitrogens with zero attached hydrogens (tertiary/aromatic N) is 6. The Balaban J connectivity index is 1.50. The summed E-state index contributed by atoms with van der Waals surface area (Å²) in [6, 6.07) is 5.31. The van der Waals surface area contributed by atoms with Gasteiger partial charge in [-0.25, -0.2) is 4.79 Å². The lowest BCUT2D eigenvalue weighted by Gasteiger charge is -2.36. The molecule has 0 saturated carbocycles. The normalized spacial score (nSPS) is 15.2. The predicted octanol–water partition coefficient (Wildman–Crippen LogP) is 2.02. The minimum absolute atomic E-state index is 0.296. The third-order valence-corrected chi connectivity index (χ3v) is 4.32. The van der Waals surface area contributed by atoms with Crippen LogP contribution in [0.4, 0.5) is 16.4 Å². The molecule has 0 spiro atoms. The van der Waals surface area contributed by atoms with Gasteiger partial charge in [0.1, 0.15) is 17.2 Å². The SMILES string of the molecule is CC(C)(C)OC(=O)N1CCN(c2cc(N)n3nc(-c4ccco4)nc3n2)CC1. The Hall–Kier alpha value is -3.30. The summed E-state index contributed by atoms with van der Waals surface area (Å²) < 4.78 is 12.3. The number of amides is 1. The molecule has 0 aliphatic carbocycles. The number of hydrogen-bond donors (Lipinski definition) is 1. The Kier molecular flexibility index (Phi) is 4.33. The summed E-state index contributed by atoms with van der Waals surface area (Å²) in [5.74, 6) is 2.51. The van der Waals surface area contributed by atoms with Crippen molar-refractivity contribution in [3.05, 3.63) is 24.5 Å². The minimum atomic E-state index is -0.505. The van der Waals surface area contributed by atoms with Gasteiger partial charge in [0.2, 0.25) is 5.82 Å². The second-order valence-corrected chi connectivity index (χ2v) is 7.62. The maximum atomic E-state index is 12.2. The maximum absolute atomic E-state index is 12.2. The van der Waals surface area contributed by atoms with Crippen molar-refractivity contribution in [1.82, 2.24) is 24.5 Å². The number of piperazine rings is 1. The van der Waals surface area contributed by atoms with Crippen molar-refractivity contribution in [1.29, 1.82) is 0 Å². The number of furan rings is 1. The Morgan fingerprint density at radius 2 is 1.96 bits per heavy atom. The van der Waals surface area contributed by atoms with Crippen LogP contribution in [0.1, 0.15) is 20.8 Å². The van der Waals surface area contributed by atoms with E-state index in [0.717, 1.165) is 0 Å². The van der Waals surface area contributed by atoms with Crippen molar-refractivity contribution in [3.8, 4) is 11.6 Å². The largest absolute Gasteiger partial charge is 0.461 e. The fourth-order valence-corrected chi connectivity index (χ4v) is 2.99. The van der Waals surface area contributed by atoms with Crippen LogP contribution in [-0.2, 0) is 4.74 Å². The summed E-state index contributed by atoms with van der Waals surface area (Å²) in [4.78, 5) is 25.0. The monoisotopic (exact) mass is 385 g/mol. The highest BCUT2D eigenvalue weighted by atomic mass is 16.6. The number of hydrogen-bond acceptors (Lipinski definition) is 8. The highest BCUT2D eigenvalue weighted by molar-refractivity contribution is 5.68. The van der Waals surface area contributed by atoms with E-state index in [9.17, 15) is 4.79 Å². The molecule has 148 valence electrons. The fourth-order valence-electron chi connectivity index (χ4n) is 2.99. The Bertz CT molecular complexity index is 983. The molecule has 0 bridgehead atoms. The van der Waals surface area contributed by atoms with Crippen LogP contribution < -0.4 is 10.6 Å². The lowest BCUT2D eigenvalue weighted by Crippen LogP contribution is -2.50. The second kappa shape index (κ2) is 6.70. The van der Waals surface area contributed by atoms with Gasteiger partial charge in [0, 0.05) is 32.2 Å². The van der Waals surface area contributed by atoms with E-state index < -0.39 is 5.60 Å². The van der Waals surface area contributed by atoms with Crippen LogP contribution in [0, 0.1) is 0 Å². The van der Waals surface area contributed by atoms with Crippen molar-refractivity contribution in [3.63, 3.8) is 0 Å². The third kappa shape index (κ3) is 3.57. The predicted molar refractivity (Wildman–Crippen MR) is 103 cm³/mol. The average Bonchev–Trinajstić information content (AvgIpc) is 3.30. The number of aromatic nitrogens is 4. The smallest absolute Gasteiger partial charge is 0.410 e. The topological polar surface area (TPSA) is 115 Å². The quantitative estimate of drug-likeness (QED) is 0.712. The number of anilines is 2. The van der Waals surface area contributed by atoms with Gasteiger partial charge in [0.05, 0.1) is 6.26 Å². The minimum Gasteiger partial charge on any atom is -0.461 e. The van der Waals surface area contributed by atoms with Gasteiger partial charge in [-0.1, -0.05) is 0 Å². The lowest BCUT2D eigenvalue weighted by atomic mass is 10.2. The zero-order valence-corrected chi connectivity index (χ0v) is 16.1. The lowest BCUT2D eigenvalue weighted by molar-refractivity contribution is 0.0240. The van der Waals surface area contributed by atoms with Gasteiger partial charge >= 0.3 is 6.09 Å². The van der Waals surface area contributed by atoms with Crippen LogP contribution in [0.15, 0.2) is 28.9 Å². The molecule has 2 N–H and O–H groups in total. The van der Waals surface area contributed by atoms with Crippen molar-refractivity contribution in [2.45, 2.75) is 26.4 Å². The van der Waals surface area contributed by atoms with Crippen LogP contribution in [0.25, 0.3) is 17.4 Å². The van der Waals surface area contributed by atoms with Gasteiger partial charge in [0.25, 0.3) is 5.78 Å². The molecule has 4 rings (SSSR count). The van der Waals surface area contributed by atoms with Crippen LogP contribution >= 0.6 is 0 Å². The van der Waals surface area contributed by atoms with E-state index in [-0.39, 0.29) is 6.09 Å². The number of rotatable bonds is 2. The van der Waals surface area contributed by atoms with Crippen molar-refractivity contribution < 1.29 is 13.9 Å². The number of ether oxygens (including phenoxy) is 1. The van der Waals surface area contributed by atoms with Gasteiger partial charge in [-0.2, -0.15) is 14.5 Å². The molecule has 1 fully saturated rings. The fraction of sp³-hybridized carbons (Fsp3) is 0.444. The molecular weight excluding hydrogens is 362 g/mol. The summed E-state index contributed by atoms with van der Waals surface area (Å²) in [6.07, 6.45) is 1.27. The third-order valence-electron chi connectivity index (χ3n) is 4.32. The van der Waals surface area contributed by atoms with Gasteiger partial charge in [-0.15, -0.1) is 5.10 Å². The molecule has 1 aliphatic heterocycles. The number of carbonyl (C=O) groups is 1. The highest BCUT2D eigenvalue weighted by Gasteiger charge is 2.27. The summed E-state index contributed by atoms with van der Waals surface area (Å²) >= 11 is 0. The van der Waals surface area contributed by atoms with Gasteiger partial charge in [-0.3, -0.25) is 0 Å².